The molecule has 0 amide bonds. The van der Waals surface area contributed by atoms with Gasteiger partial charge in [-0.15, -0.1) is 0 Å². The summed E-state index contributed by atoms with van der Waals surface area (Å²) in [6.07, 6.45) is -4.79. The summed E-state index contributed by atoms with van der Waals surface area (Å²) in [6, 6.07) is 9.87. The lowest BCUT2D eigenvalue weighted by Gasteiger charge is -2.35. The highest BCUT2D eigenvalue weighted by Crippen LogP contribution is 2.37. The van der Waals surface area contributed by atoms with Gasteiger partial charge < -0.3 is 9.64 Å². The smallest absolute Gasteiger partial charge is 0.417 e. The lowest BCUT2D eigenvalue weighted by molar-refractivity contribution is -0.139. The van der Waals surface area contributed by atoms with Crippen LogP contribution in [0, 0.1) is 0 Å². The quantitative estimate of drug-likeness (QED) is 0.732. The first-order valence-corrected chi connectivity index (χ1v) is 10.2. The molecule has 0 spiro atoms. The second-order valence-corrected chi connectivity index (χ2v) is 8.57. The second-order valence-electron chi connectivity index (χ2n) is 6.23. The summed E-state index contributed by atoms with van der Waals surface area (Å²) in [5.41, 5.74) is -0.328. The number of alkyl halides is 3. The Kier molecular flexibility index (Phi) is 5.79. The number of rotatable bonds is 4. The highest BCUT2D eigenvalue weighted by atomic mass is 35.5. The average molecular weight is 435 g/mol. The molecule has 1 aliphatic heterocycles. The summed E-state index contributed by atoms with van der Waals surface area (Å²) in [7, 11) is -2.77. The van der Waals surface area contributed by atoms with Crippen LogP contribution >= 0.6 is 11.6 Å². The largest absolute Gasteiger partial charge is 0.497 e. The fraction of sp³-hybridized carbons (Fsp3) is 0.333. The molecule has 0 aliphatic carbocycles. The number of hydrogen-bond donors (Lipinski definition) is 0. The van der Waals surface area contributed by atoms with Crippen LogP contribution in [0.15, 0.2) is 47.4 Å². The van der Waals surface area contributed by atoms with Crippen LogP contribution in [0.1, 0.15) is 5.56 Å². The molecule has 152 valence electrons. The summed E-state index contributed by atoms with van der Waals surface area (Å²) < 4.78 is 71.7. The van der Waals surface area contributed by atoms with Crippen LogP contribution in [0.5, 0.6) is 5.75 Å². The summed E-state index contributed by atoms with van der Waals surface area (Å²) in [4.78, 5) is 1.15. The van der Waals surface area contributed by atoms with Crippen molar-refractivity contribution in [3.8, 4) is 5.75 Å². The zero-order valence-corrected chi connectivity index (χ0v) is 16.5. The van der Waals surface area contributed by atoms with Crippen molar-refractivity contribution in [2.24, 2.45) is 0 Å². The van der Waals surface area contributed by atoms with E-state index in [0.717, 1.165) is 22.1 Å². The van der Waals surface area contributed by atoms with Gasteiger partial charge in [0.2, 0.25) is 10.0 Å². The van der Waals surface area contributed by atoms with Crippen molar-refractivity contribution >= 4 is 27.3 Å². The summed E-state index contributed by atoms with van der Waals surface area (Å²) >= 11 is 5.77. The molecule has 0 radical (unpaired) electrons. The number of nitrogens with zero attached hydrogens (tertiary/aromatic N) is 2. The van der Waals surface area contributed by atoms with Crippen molar-refractivity contribution in [3.05, 3.63) is 53.1 Å². The number of methoxy groups -OCH3 is 1. The van der Waals surface area contributed by atoms with Gasteiger partial charge in [0, 0.05) is 36.9 Å². The Morgan fingerprint density at radius 2 is 1.61 bits per heavy atom. The van der Waals surface area contributed by atoms with Crippen LogP contribution in [0.25, 0.3) is 0 Å². The number of anilines is 1. The fourth-order valence-electron chi connectivity index (χ4n) is 3.06. The van der Waals surface area contributed by atoms with Crippen molar-refractivity contribution in [1.82, 2.24) is 4.31 Å². The molecule has 0 aromatic heterocycles. The molecule has 5 nitrogen and oxygen atoms in total. The third kappa shape index (κ3) is 4.21. The Morgan fingerprint density at radius 3 is 2.14 bits per heavy atom. The molecule has 2 aromatic carbocycles. The van der Waals surface area contributed by atoms with Crippen molar-refractivity contribution in [2.75, 3.05) is 38.2 Å². The number of sulfonamides is 1. The van der Waals surface area contributed by atoms with Gasteiger partial charge in [-0.05, 0) is 42.5 Å². The molecular weight excluding hydrogens is 417 g/mol. The molecule has 10 heteroatoms. The van der Waals surface area contributed by atoms with E-state index in [1.165, 1.54) is 0 Å². The molecule has 1 aliphatic rings. The van der Waals surface area contributed by atoms with Gasteiger partial charge in [-0.1, -0.05) is 11.6 Å². The Labute approximate surface area is 166 Å². The van der Waals surface area contributed by atoms with Crippen LogP contribution in [-0.4, -0.2) is 46.0 Å². The van der Waals surface area contributed by atoms with Crippen LogP contribution < -0.4 is 9.64 Å². The van der Waals surface area contributed by atoms with Crippen molar-refractivity contribution in [2.45, 2.75) is 11.1 Å². The molecule has 1 heterocycles. The van der Waals surface area contributed by atoms with E-state index >= 15 is 0 Å². The fourth-order valence-corrected chi connectivity index (χ4v) is 4.96. The summed E-state index contributed by atoms with van der Waals surface area (Å²) in [6.45, 7) is 0.845. The topological polar surface area (TPSA) is 49.9 Å². The SMILES string of the molecule is COc1ccc(N2CCN(S(=O)(=O)c3cc(Cl)ccc3C(F)(F)F)CC2)cc1. The highest BCUT2D eigenvalue weighted by molar-refractivity contribution is 7.89. The molecule has 3 rings (SSSR count). The maximum Gasteiger partial charge on any atom is 0.417 e. The van der Waals surface area contributed by atoms with E-state index in [9.17, 15) is 21.6 Å². The number of hydrogen-bond acceptors (Lipinski definition) is 4. The normalized spacial score (nSPS) is 16.2. The standard InChI is InChI=1S/C18H18ClF3N2O3S/c1-27-15-5-3-14(4-6-15)23-8-10-24(11-9-23)28(25,26)17-12-13(19)2-7-16(17)18(20,21)22/h2-7,12H,8-11H2,1H3. The number of piperazine rings is 1. The van der Waals surface area contributed by atoms with Gasteiger partial charge in [-0.25, -0.2) is 8.42 Å². The summed E-state index contributed by atoms with van der Waals surface area (Å²) in [5, 5.41) is -0.0663. The lowest BCUT2D eigenvalue weighted by atomic mass is 10.2. The zero-order chi connectivity index (χ0) is 20.5. The van der Waals surface area contributed by atoms with E-state index < -0.39 is 26.7 Å². The van der Waals surface area contributed by atoms with Crippen LogP contribution in [0.3, 0.4) is 0 Å². The Morgan fingerprint density at radius 1 is 1.00 bits per heavy atom. The molecule has 1 saturated heterocycles. The first kappa shape index (κ1) is 20.8. The Hall–Kier alpha value is -1.97. The Bertz CT molecular complexity index is 942. The maximum absolute atomic E-state index is 13.3. The van der Waals surface area contributed by atoms with Gasteiger partial charge in [0.1, 0.15) is 5.75 Å². The Balaban J connectivity index is 1.81. The number of benzene rings is 2. The van der Waals surface area contributed by atoms with E-state index in [0.29, 0.717) is 24.9 Å². The lowest BCUT2D eigenvalue weighted by Crippen LogP contribution is -2.49. The molecular formula is C18H18ClF3N2O3S. The first-order chi connectivity index (χ1) is 13.1. The van der Waals surface area contributed by atoms with Crippen LogP contribution in [-0.2, 0) is 16.2 Å². The van der Waals surface area contributed by atoms with Gasteiger partial charge >= 0.3 is 6.18 Å². The minimum Gasteiger partial charge on any atom is -0.497 e. The van der Waals surface area contributed by atoms with Gasteiger partial charge in [0.05, 0.1) is 17.6 Å². The van der Waals surface area contributed by atoms with Gasteiger partial charge in [-0.3, -0.25) is 0 Å². The second kappa shape index (κ2) is 7.81. The molecule has 0 atom stereocenters. The molecule has 0 N–H and O–H groups in total. The van der Waals surface area contributed by atoms with Crippen molar-refractivity contribution < 1.29 is 26.3 Å². The molecule has 2 aromatic rings. The molecule has 0 unspecified atom stereocenters. The number of halogens is 4. The average Bonchev–Trinajstić information content (AvgIpc) is 2.67. The van der Waals surface area contributed by atoms with E-state index in [4.69, 9.17) is 16.3 Å². The van der Waals surface area contributed by atoms with Crippen molar-refractivity contribution in [3.63, 3.8) is 0 Å². The molecule has 28 heavy (non-hydrogen) atoms. The maximum atomic E-state index is 13.3. The highest BCUT2D eigenvalue weighted by Gasteiger charge is 2.40. The van der Waals surface area contributed by atoms with Gasteiger partial charge in [0.25, 0.3) is 0 Å². The first-order valence-electron chi connectivity index (χ1n) is 8.39. The molecule has 1 fully saturated rings. The van der Waals surface area contributed by atoms with E-state index in [2.05, 4.69) is 0 Å². The van der Waals surface area contributed by atoms with E-state index in [1.54, 1.807) is 19.2 Å². The van der Waals surface area contributed by atoms with E-state index in [1.807, 2.05) is 17.0 Å². The van der Waals surface area contributed by atoms with Gasteiger partial charge in [-0.2, -0.15) is 17.5 Å². The minimum atomic E-state index is -4.79. The summed E-state index contributed by atoms with van der Waals surface area (Å²) in [5.74, 6) is 0.700. The predicted octanol–water partition coefficient (Wildman–Crippen LogP) is 3.88. The third-order valence-electron chi connectivity index (χ3n) is 4.54. The zero-order valence-electron chi connectivity index (χ0n) is 14.9. The monoisotopic (exact) mass is 434 g/mol. The van der Waals surface area contributed by atoms with Gasteiger partial charge in [0.15, 0.2) is 0 Å². The minimum absolute atomic E-state index is 0.0663. The number of ether oxygens (including phenoxy) is 1. The van der Waals surface area contributed by atoms with E-state index in [-0.39, 0.29) is 18.1 Å². The van der Waals surface area contributed by atoms with Crippen molar-refractivity contribution in [1.29, 1.82) is 0 Å². The molecule has 0 saturated carbocycles. The third-order valence-corrected chi connectivity index (χ3v) is 6.72. The van der Waals surface area contributed by atoms with Crippen LogP contribution in [0.4, 0.5) is 18.9 Å². The predicted molar refractivity (Wildman–Crippen MR) is 100 cm³/mol. The van der Waals surface area contributed by atoms with Crippen LogP contribution in [0.2, 0.25) is 5.02 Å². The molecule has 0 bridgehead atoms.